The topological polar surface area (TPSA) is 15.3 Å². The molecule has 2 rings (SSSR count). The molecule has 0 aromatic heterocycles. The highest BCUT2D eigenvalue weighted by molar-refractivity contribution is 6.31. The van der Waals surface area contributed by atoms with Crippen LogP contribution in [0.2, 0.25) is 5.02 Å². The number of benzene rings is 1. The fourth-order valence-electron chi connectivity index (χ4n) is 3.59. The van der Waals surface area contributed by atoms with E-state index in [4.69, 9.17) is 11.6 Å². The molecule has 2 nitrogen and oxygen atoms in total. The van der Waals surface area contributed by atoms with Crippen molar-refractivity contribution in [1.82, 2.24) is 10.2 Å². The fraction of sp³-hybridized carbons (Fsp3) is 0.625. The van der Waals surface area contributed by atoms with Crippen molar-refractivity contribution in [3.63, 3.8) is 0 Å². The predicted octanol–water partition coefficient (Wildman–Crippen LogP) is 3.48. The van der Waals surface area contributed by atoms with Gasteiger partial charge < -0.3 is 10.2 Å². The lowest BCUT2D eigenvalue weighted by Gasteiger charge is -2.43. The monoisotopic (exact) mass is 298 g/mol. The van der Waals surface area contributed by atoms with Crippen LogP contribution in [0.15, 0.2) is 18.2 Å². The average Bonchev–Trinajstić information content (AvgIpc) is 2.89. The highest BCUT2D eigenvalue weighted by Gasteiger charge is 2.42. The minimum absolute atomic E-state index is 0.0976. The molecule has 0 aliphatic heterocycles. The van der Waals surface area contributed by atoms with Crippen molar-refractivity contribution in [1.29, 1.82) is 0 Å². The molecule has 1 aliphatic rings. The van der Waals surface area contributed by atoms with Gasteiger partial charge in [0.25, 0.3) is 0 Å². The van der Waals surface area contributed by atoms with Crippen LogP contribution < -0.4 is 5.32 Å². The molecule has 0 amide bonds. The Kier molecular flexibility index (Phi) is 5.05. The van der Waals surface area contributed by atoms with E-state index in [9.17, 15) is 4.39 Å². The van der Waals surface area contributed by atoms with E-state index in [0.29, 0.717) is 17.0 Å². The summed E-state index contributed by atoms with van der Waals surface area (Å²) in [5.74, 6) is -0.204. The molecule has 1 unspecified atom stereocenters. The molecule has 1 aromatic rings. The maximum Gasteiger partial charge on any atom is 0.127 e. The van der Waals surface area contributed by atoms with E-state index in [2.05, 4.69) is 24.3 Å². The van der Waals surface area contributed by atoms with Crippen LogP contribution in [0.1, 0.15) is 31.2 Å². The van der Waals surface area contributed by atoms with E-state index < -0.39 is 0 Å². The molecular weight excluding hydrogens is 275 g/mol. The Labute approximate surface area is 126 Å². The van der Waals surface area contributed by atoms with E-state index >= 15 is 0 Å². The van der Waals surface area contributed by atoms with Gasteiger partial charge >= 0.3 is 0 Å². The molecule has 0 bridgehead atoms. The summed E-state index contributed by atoms with van der Waals surface area (Å²) >= 11 is 6.18. The summed E-state index contributed by atoms with van der Waals surface area (Å²) in [4.78, 5) is 2.30. The first kappa shape index (κ1) is 15.7. The highest BCUT2D eigenvalue weighted by atomic mass is 35.5. The summed E-state index contributed by atoms with van der Waals surface area (Å²) in [6, 6.07) is 5.12. The number of hydrogen-bond donors (Lipinski definition) is 1. The van der Waals surface area contributed by atoms with Gasteiger partial charge in [0.2, 0.25) is 0 Å². The second-order valence-electron chi connectivity index (χ2n) is 5.95. The summed E-state index contributed by atoms with van der Waals surface area (Å²) < 4.78 is 14.0. The average molecular weight is 299 g/mol. The first-order valence-electron chi connectivity index (χ1n) is 7.29. The van der Waals surface area contributed by atoms with Gasteiger partial charge in [0.05, 0.1) is 0 Å². The second-order valence-corrected chi connectivity index (χ2v) is 6.36. The lowest BCUT2D eigenvalue weighted by Crippen LogP contribution is -2.57. The van der Waals surface area contributed by atoms with Crippen molar-refractivity contribution in [2.24, 2.45) is 0 Å². The molecule has 0 radical (unpaired) electrons. The van der Waals surface area contributed by atoms with Crippen LogP contribution in [0.4, 0.5) is 4.39 Å². The van der Waals surface area contributed by atoms with Gasteiger partial charge in [-0.1, -0.05) is 30.5 Å². The molecule has 112 valence electrons. The molecule has 1 saturated carbocycles. The predicted molar refractivity (Wildman–Crippen MR) is 82.8 cm³/mol. The van der Waals surface area contributed by atoms with E-state index in [0.717, 1.165) is 12.8 Å². The third-order valence-electron chi connectivity index (χ3n) is 4.83. The molecule has 0 saturated heterocycles. The lowest BCUT2D eigenvalue weighted by molar-refractivity contribution is 0.108. The van der Waals surface area contributed by atoms with Gasteiger partial charge in [-0.05, 0) is 52.5 Å². The van der Waals surface area contributed by atoms with Crippen molar-refractivity contribution in [3.8, 4) is 0 Å². The minimum atomic E-state index is -0.204. The standard InChI is InChI=1S/C16H24ClFN2/c1-19-15(16(20(2)3)9-4-5-10-16)11-12-13(17)7-6-8-14(12)18/h6-8,15,19H,4-5,9-11H2,1-3H3. The summed E-state index contributed by atoms with van der Waals surface area (Å²) in [6.45, 7) is 0. The van der Waals surface area contributed by atoms with Crippen molar-refractivity contribution < 1.29 is 4.39 Å². The molecule has 1 N–H and O–H groups in total. The number of nitrogens with zero attached hydrogens (tertiary/aromatic N) is 1. The lowest BCUT2D eigenvalue weighted by atomic mass is 9.83. The minimum Gasteiger partial charge on any atom is -0.315 e. The Morgan fingerprint density at radius 1 is 1.35 bits per heavy atom. The maximum absolute atomic E-state index is 14.0. The Morgan fingerprint density at radius 3 is 2.50 bits per heavy atom. The van der Waals surface area contributed by atoms with Gasteiger partial charge in [-0.25, -0.2) is 4.39 Å². The number of nitrogens with one attached hydrogen (secondary N) is 1. The van der Waals surface area contributed by atoms with Crippen LogP contribution in [0.25, 0.3) is 0 Å². The number of hydrogen-bond acceptors (Lipinski definition) is 2. The molecule has 1 aromatic carbocycles. The van der Waals surface area contributed by atoms with Crippen molar-refractivity contribution in [2.45, 2.75) is 43.7 Å². The molecule has 20 heavy (non-hydrogen) atoms. The van der Waals surface area contributed by atoms with Gasteiger partial charge in [-0.2, -0.15) is 0 Å². The zero-order chi connectivity index (χ0) is 14.8. The maximum atomic E-state index is 14.0. The zero-order valence-electron chi connectivity index (χ0n) is 12.5. The third kappa shape index (κ3) is 2.85. The van der Waals surface area contributed by atoms with Crippen LogP contribution in [-0.4, -0.2) is 37.6 Å². The fourth-order valence-corrected chi connectivity index (χ4v) is 3.83. The van der Waals surface area contributed by atoms with Crippen molar-refractivity contribution >= 4 is 11.6 Å². The molecule has 1 atom stereocenters. The van der Waals surface area contributed by atoms with Crippen LogP contribution in [-0.2, 0) is 6.42 Å². The first-order valence-corrected chi connectivity index (χ1v) is 7.66. The van der Waals surface area contributed by atoms with Crippen LogP contribution >= 0.6 is 11.6 Å². The van der Waals surface area contributed by atoms with Crippen molar-refractivity contribution in [3.05, 3.63) is 34.6 Å². The first-order chi connectivity index (χ1) is 9.51. The van der Waals surface area contributed by atoms with Crippen LogP contribution in [0, 0.1) is 5.82 Å². The van der Waals surface area contributed by atoms with E-state index in [1.807, 2.05) is 7.05 Å². The van der Waals surface area contributed by atoms with Crippen LogP contribution in [0.3, 0.4) is 0 Å². The highest BCUT2D eigenvalue weighted by Crippen LogP contribution is 2.38. The quantitative estimate of drug-likeness (QED) is 0.895. The smallest absolute Gasteiger partial charge is 0.127 e. The van der Waals surface area contributed by atoms with Gasteiger partial charge in [-0.3, -0.25) is 0 Å². The molecular formula is C16H24ClFN2. The van der Waals surface area contributed by atoms with Gasteiger partial charge in [-0.15, -0.1) is 0 Å². The number of likely N-dealkylation sites (N-methyl/N-ethyl adjacent to an activating group) is 2. The van der Waals surface area contributed by atoms with Gasteiger partial charge in [0, 0.05) is 22.2 Å². The molecule has 1 aliphatic carbocycles. The summed E-state index contributed by atoms with van der Waals surface area (Å²) in [5, 5.41) is 3.93. The van der Waals surface area contributed by atoms with E-state index in [-0.39, 0.29) is 17.4 Å². The summed E-state index contributed by atoms with van der Waals surface area (Å²) in [5.41, 5.74) is 0.724. The largest absolute Gasteiger partial charge is 0.315 e. The van der Waals surface area contributed by atoms with E-state index in [1.54, 1.807) is 12.1 Å². The molecule has 0 spiro atoms. The normalized spacial score (nSPS) is 19.5. The second kappa shape index (κ2) is 6.42. The van der Waals surface area contributed by atoms with Gasteiger partial charge in [0.15, 0.2) is 0 Å². The third-order valence-corrected chi connectivity index (χ3v) is 5.18. The van der Waals surface area contributed by atoms with E-state index in [1.165, 1.54) is 18.9 Å². The molecule has 1 fully saturated rings. The Hall–Kier alpha value is -0.640. The zero-order valence-corrected chi connectivity index (χ0v) is 13.3. The van der Waals surface area contributed by atoms with Crippen LogP contribution in [0.5, 0.6) is 0 Å². The Bertz CT molecular complexity index is 436. The SMILES string of the molecule is CNC(Cc1c(F)cccc1Cl)C1(N(C)C)CCCC1. The molecule has 4 heteroatoms. The Balaban J connectivity index is 2.28. The van der Waals surface area contributed by atoms with Crippen molar-refractivity contribution in [2.75, 3.05) is 21.1 Å². The Morgan fingerprint density at radius 2 is 2.00 bits per heavy atom. The number of halogens is 2. The summed E-state index contributed by atoms with van der Waals surface area (Å²) in [6.07, 6.45) is 5.40. The molecule has 0 heterocycles. The summed E-state index contributed by atoms with van der Waals surface area (Å²) in [7, 11) is 6.21. The van der Waals surface area contributed by atoms with Gasteiger partial charge in [0.1, 0.15) is 5.82 Å². The number of rotatable bonds is 5.